The van der Waals surface area contributed by atoms with Gasteiger partial charge in [-0.2, -0.15) is 0 Å². The highest BCUT2D eigenvalue weighted by Gasteiger charge is 2.40. The fourth-order valence-corrected chi connectivity index (χ4v) is 3.64. The number of ether oxygens (including phenoxy) is 2. The van der Waals surface area contributed by atoms with Crippen molar-refractivity contribution >= 4 is 0 Å². The summed E-state index contributed by atoms with van der Waals surface area (Å²) < 4.78 is 11.6. The van der Waals surface area contributed by atoms with Crippen LogP contribution in [0, 0.1) is 0 Å². The Bertz CT molecular complexity index is 233. The average Bonchev–Trinajstić information content (AvgIpc) is 2.65. The molecule has 3 aliphatic rings. The van der Waals surface area contributed by atoms with Crippen LogP contribution < -0.4 is 0 Å². The molecule has 0 unspecified atom stereocenters. The van der Waals surface area contributed by atoms with E-state index in [2.05, 4.69) is 4.90 Å². The third kappa shape index (κ3) is 2.67. The fourth-order valence-electron chi connectivity index (χ4n) is 3.64. The first-order valence-electron chi connectivity index (χ1n) is 7.40. The quantitative estimate of drug-likeness (QED) is 0.656. The van der Waals surface area contributed by atoms with E-state index in [0.717, 1.165) is 32.1 Å². The van der Waals surface area contributed by atoms with Crippen LogP contribution in [0.3, 0.4) is 0 Å². The van der Waals surface area contributed by atoms with E-state index in [4.69, 9.17) is 9.47 Å². The molecule has 98 valence electrons. The van der Waals surface area contributed by atoms with Crippen LogP contribution in [-0.4, -0.2) is 43.0 Å². The first-order valence-corrected chi connectivity index (χ1v) is 7.40. The van der Waals surface area contributed by atoms with Gasteiger partial charge < -0.3 is 9.47 Å². The Morgan fingerprint density at radius 2 is 1.41 bits per heavy atom. The number of hydrogen-bond acceptors (Lipinski definition) is 3. The second-order valence-electron chi connectivity index (χ2n) is 5.79. The van der Waals surface area contributed by atoms with Crippen LogP contribution in [0.5, 0.6) is 0 Å². The summed E-state index contributed by atoms with van der Waals surface area (Å²) >= 11 is 0. The van der Waals surface area contributed by atoms with Gasteiger partial charge in [0.2, 0.25) is 0 Å². The van der Waals surface area contributed by atoms with Crippen molar-refractivity contribution in [2.75, 3.05) is 26.3 Å². The normalized spacial score (nSPS) is 31.8. The Morgan fingerprint density at radius 3 is 2.00 bits per heavy atom. The summed E-state index contributed by atoms with van der Waals surface area (Å²) in [6.07, 6.45) is 10.7. The van der Waals surface area contributed by atoms with Crippen LogP contribution in [0.15, 0.2) is 0 Å². The Kier molecular flexibility index (Phi) is 3.69. The molecule has 0 atom stereocenters. The summed E-state index contributed by atoms with van der Waals surface area (Å²) in [6.45, 7) is 3.93. The molecule has 3 fully saturated rings. The maximum Gasteiger partial charge on any atom is 0.170 e. The summed E-state index contributed by atoms with van der Waals surface area (Å²) in [6, 6.07) is 0.844. The smallest absolute Gasteiger partial charge is 0.170 e. The molecule has 0 bridgehead atoms. The predicted octanol–water partition coefficient (Wildman–Crippen LogP) is 2.55. The van der Waals surface area contributed by atoms with Crippen LogP contribution >= 0.6 is 0 Å². The largest absolute Gasteiger partial charge is 0.347 e. The zero-order valence-electron chi connectivity index (χ0n) is 10.8. The summed E-state index contributed by atoms with van der Waals surface area (Å²) in [5.74, 6) is -0.193. The third-order valence-corrected chi connectivity index (χ3v) is 4.71. The molecule has 3 rings (SSSR count). The van der Waals surface area contributed by atoms with Crippen molar-refractivity contribution in [2.24, 2.45) is 0 Å². The van der Waals surface area contributed by atoms with Gasteiger partial charge in [-0.05, 0) is 12.8 Å². The third-order valence-electron chi connectivity index (χ3n) is 4.71. The van der Waals surface area contributed by atoms with Gasteiger partial charge in [-0.1, -0.05) is 25.7 Å². The maximum absolute atomic E-state index is 5.79. The molecule has 0 amide bonds. The van der Waals surface area contributed by atoms with E-state index in [0.29, 0.717) is 0 Å². The number of nitrogens with zero attached hydrogens (tertiary/aromatic N) is 1. The monoisotopic (exact) mass is 239 g/mol. The highest BCUT2D eigenvalue weighted by atomic mass is 16.7. The van der Waals surface area contributed by atoms with Crippen molar-refractivity contribution < 1.29 is 9.47 Å². The Labute approximate surface area is 104 Å². The fraction of sp³-hybridized carbons (Fsp3) is 1.00. The van der Waals surface area contributed by atoms with Gasteiger partial charge in [-0.3, -0.25) is 4.90 Å². The zero-order valence-corrected chi connectivity index (χ0v) is 10.8. The van der Waals surface area contributed by atoms with Crippen LogP contribution in [-0.2, 0) is 9.47 Å². The van der Waals surface area contributed by atoms with Crippen molar-refractivity contribution in [1.29, 1.82) is 0 Å². The zero-order chi connectivity index (χ0) is 11.6. The van der Waals surface area contributed by atoms with E-state index >= 15 is 0 Å². The Hall–Kier alpha value is -0.120. The molecule has 2 aliphatic heterocycles. The van der Waals surface area contributed by atoms with Crippen LogP contribution in [0.4, 0.5) is 0 Å². The lowest BCUT2D eigenvalue weighted by Gasteiger charge is -2.41. The van der Waals surface area contributed by atoms with Gasteiger partial charge in [0, 0.05) is 32.0 Å². The lowest BCUT2D eigenvalue weighted by molar-refractivity contribution is -0.188. The molecule has 2 heterocycles. The molecule has 1 saturated carbocycles. The van der Waals surface area contributed by atoms with Crippen molar-refractivity contribution in [3.63, 3.8) is 0 Å². The Balaban J connectivity index is 1.53. The average molecular weight is 239 g/mol. The summed E-state index contributed by atoms with van der Waals surface area (Å²) in [5.41, 5.74) is 0. The van der Waals surface area contributed by atoms with E-state index in [-0.39, 0.29) is 5.79 Å². The molecule has 0 aromatic heterocycles. The van der Waals surface area contributed by atoms with Crippen molar-refractivity contribution in [3.8, 4) is 0 Å². The summed E-state index contributed by atoms with van der Waals surface area (Å²) in [4.78, 5) is 2.70. The molecule has 3 heteroatoms. The minimum absolute atomic E-state index is 0.193. The van der Waals surface area contributed by atoms with Crippen LogP contribution in [0.2, 0.25) is 0 Å². The number of piperidine rings is 1. The molecule has 1 aliphatic carbocycles. The molecular weight excluding hydrogens is 214 g/mol. The molecule has 0 N–H and O–H groups in total. The predicted molar refractivity (Wildman–Crippen MR) is 66.9 cm³/mol. The lowest BCUT2D eigenvalue weighted by atomic mass is 9.99. The van der Waals surface area contributed by atoms with E-state index in [9.17, 15) is 0 Å². The van der Waals surface area contributed by atoms with E-state index in [1.807, 2.05) is 0 Å². The summed E-state index contributed by atoms with van der Waals surface area (Å²) in [7, 11) is 0. The molecule has 1 spiro atoms. The lowest BCUT2D eigenvalue weighted by Crippen LogP contribution is -2.48. The molecule has 0 aromatic rings. The van der Waals surface area contributed by atoms with E-state index in [1.165, 1.54) is 51.6 Å². The van der Waals surface area contributed by atoms with Gasteiger partial charge >= 0.3 is 0 Å². The SMILES string of the molecule is C1CCCC(N2CCC3(CC2)OCCO3)CC1. The first kappa shape index (κ1) is 11.9. The maximum atomic E-state index is 5.79. The van der Waals surface area contributed by atoms with Crippen LogP contribution in [0.25, 0.3) is 0 Å². The summed E-state index contributed by atoms with van der Waals surface area (Å²) in [5, 5.41) is 0. The number of hydrogen-bond donors (Lipinski definition) is 0. The molecular formula is C14H25NO2. The van der Waals surface area contributed by atoms with Gasteiger partial charge in [-0.25, -0.2) is 0 Å². The molecule has 0 aromatic carbocycles. The number of rotatable bonds is 1. The van der Waals surface area contributed by atoms with Gasteiger partial charge in [-0.15, -0.1) is 0 Å². The highest BCUT2D eigenvalue weighted by Crippen LogP contribution is 2.33. The molecule has 17 heavy (non-hydrogen) atoms. The van der Waals surface area contributed by atoms with Gasteiger partial charge in [0.1, 0.15) is 0 Å². The second kappa shape index (κ2) is 5.25. The van der Waals surface area contributed by atoms with Crippen molar-refractivity contribution in [1.82, 2.24) is 4.90 Å². The first-order chi connectivity index (χ1) is 8.38. The second-order valence-corrected chi connectivity index (χ2v) is 5.79. The van der Waals surface area contributed by atoms with Gasteiger partial charge in [0.05, 0.1) is 13.2 Å². The van der Waals surface area contributed by atoms with Crippen molar-refractivity contribution in [2.45, 2.75) is 63.2 Å². The minimum atomic E-state index is -0.193. The highest BCUT2D eigenvalue weighted by molar-refractivity contribution is 4.86. The molecule has 2 saturated heterocycles. The van der Waals surface area contributed by atoms with Gasteiger partial charge in [0.15, 0.2) is 5.79 Å². The van der Waals surface area contributed by atoms with E-state index < -0.39 is 0 Å². The van der Waals surface area contributed by atoms with E-state index in [1.54, 1.807) is 0 Å². The Morgan fingerprint density at radius 1 is 0.824 bits per heavy atom. The topological polar surface area (TPSA) is 21.7 Å². The molecule has 3 nitrogen and oxygen atoms in total. The molecule has 0 radical (unpaired) electrons. The van der Waals surface area contributed by atoms with Gasteiger partial charge in [0.25, 0.3) is 0 Å². The van der Waals surface area contributed by atoms with Crippen LogP contribution in [0.1, 0.15) is 51.4 Å². The number of likely N-dealkylation sites (tertiary alicyclic amines) is 1. The van der Waals surface area contributed by atoms with Crippen molar-refractivity contribution in [3.05, 3.63) is 0 Å². The minimum Gasteiger partial charge on any atom is -0.347 e. The standard InChI is InChI=1S/C14H25NO2/c1-2-4-6-13(5-3-1)15-9-7-14(8-10-15)16-11-12-17-14/h13H,1-12H2.